The average Bonchev–Trinajstić information content (AvgIpc) is 2.29. The average molecular weight is 219 g/mol. The molecule has 0 amide bonds. The first-order chi connectivity index (χ1) is 7.76. The smallest absolute Gasteiger partial charge is 0.00418 e. The highest BCUT2D eigenvalue weighted by molar-refractivity contribution is 5.22. The van der Waals surface area contributed by atoms with Gasteiger partial charge in [-0.25, -0.2) is 0 Å². The molecule has 0 heterocycles. The normalized spacial score (nSPS) is 12.7. The van der Waals surface area contributed by atoms with E-state index in [0.717, 1.165) is 19.3 Å². The summed E-state index contributed by atoms with van der Waals surface area (Å²) in [5.41, 5.74) is 8.88. The van der Waals surface area contributed by atoms with E-state index in [1.54, 1.807) is 0 Å². The highest BCUT2D eigenvalue weighted by Gasteiger charge is 2.01. The number of hydrogen-bond donors (Lipinski definition) is 1. The molecule has 90 valence electrons. The lowest BCUT2D eigenvalue weighted by Gasteiger charge is -2.10. The predicted molar refractivity (Wildman–Crippen MR) is 71.6 cm³/mol. The summed E-state index contributed by atoms with van der Waals surface area (Å²) in [7, 11) is 0. The van der Waals surface area contributed by atoms with Crippen molar-refractivity contribution in [2.24, 2.45) is 5.73 Å². The van der Waals surface area contributed by atoms with E-state index >= 15 is 0 Å². The maximum absolute atomic E-state index is 6.01. The third kappa shape index (κ3) is 4.80. The van der Waals surface area contributed by atoms with Crippen molar-refractivity contribution in [3.05, 3.63) is 35.4 Å². The van der Waals surface area contributed by atoms with Gasteiger partial charge < -0.3 is 5.73 Å². The molecule has 1 aromatic carbocycles. The Hall–Kier alpha value is -0.820. The van der Waals surface area contributed by atoms with Gasteiger partial charge in [0.2, 0.25) is 0 Å². The third-order valence-electron chi connectivity index (χ3n) is 3.02. The van der Waals surface area contributed by atoms with Crippen molar-refractivity contribution >= 4 is 0 Å². The fourth-order valence-electron chi connectivity index (χ4n) is 2.03. The van der Waals surface area contributed by atoms with E-state index in [4.69, 9.17) is 5.73 Å². The van der Waals surface area contributed by atoms with Crippen LogP contribution in [0.1, 0.15) is 50.7 Å². The van der Waals surface area contributed by atoms with Crippen molar-refractivity contribution in [3.8, 4) is 0 Å². The summed E-state index contributed by atoms with van der Waals surface area (Å²) in [5.74, 6) is 0. The van der Waals surface area contributed by atoms with Crippen LogP contribution in [-0.4, -0.2) is 6.04 Å². The highest BCUT2D eigenvalue weighted by Crippen LogP contribution is 2.10. The van der Waals surface area contributed by atoms with Gasteiger partial charge in [-0.2, -0.15) is 0 Å². The van der Waals surface area contributed by atoms with Gasteiger partial charge in [0.25, 0.3) is 0 Å². The Kier molecular flexibility index (Phi) is 6.17. The number of hydrogen-bond acceptors (Lipinski definition) is 1. The lowest BCUT2D eigenvalue weighted by Crippen LogP contribution is -2.20. The predicted octanol–water partition coefficient (Wildman–Crippen LogP) is 3.70. The van der Waals surface area contributed by atoms with Gasteiger partial charge >= 0.3 is 0 Å². The second-order valence-corrected chi connectivity index (χ2v) is 4.65. The molecule has 1 aromatic rings. The van der Waals surface area contributed by atoms with Crippen LogP contribution < -0.4 is 5.73 Å². The minimum absolute atomic E-state index is 0.375. The maximum Gasteiger partial charge on any atom is 0.00418 e. The molecule has 0 radical (unpaired) electrons. The van der Waals surface area contributed by atoms with Crippen molar-refractivity contribution < 1.29 is 0 Å². The second-order valence-electron chi connectivity index (χ2n) is 4.65. The number of nitrogens with two attached hydrogens (primary N) is 1. The van der Waals surface area contributed by atoms with Crippen molar-refractivity contribution in [2.75, 3.05) is 0 Å². The number of benzene rings is 1. The Morgan fingerprint density at radius 2 is 1.44 bits per heavy atom. The fourth-order valence-corrected chi connectivity index (χ4v) is 2.03. The van der Waals surface area contributed by atoms with Gasteiger partial charge in [0.15, 0.2) is 0 Å². The maximum atomic E-state index is 6.01. The monoisotopic (exact) mass is 219 g/mol. The van der Waals surface area contributed by atoms with Crippen LogP contribution in [0.5, 0.6) is 0 Å². The molecule has 16 heavy (non-hydrogen) atoms. The first-order valence-electron chi connectivity index (χ1n) is 6.59. The molecular formula is C15H25N. The summed E-state index contributed by atoms with van der Waals surface area (Å²) >= 11 is 0. The van der Waals surface area contributed by atoms with Gasteiger partial charge in [-0.05, 0) is 36.8 Å². The molecule has 1 atom stereocenters. The van der Waals surface area contributed by atoms with Crippen molar-refractivity contribution in [2.45, 2.75) is 58.4 Å². The van der Waals surface area contributed by atoms with Gasteiger partial charge in [-0.3, -0.25) is 0 Å². The van der Waals surface area contributed by atoms with Gasteiger partial charge in [0.1, 0.15) is 0 Å². The van der Waals surface area contributed by atoms with Crippen molar-refractivity contribution in [1.82, 2.24) is 0 Å². The number of aryl methyl sites for hydroxylation is 2. The SMILES string of the molecule is CCCc1ccc(CCC(N)CCC)cc1. The quantitative estimate of drug-likeness (QED) is 0.743. The highest BCUT2D eigenvalue weighted by atomic mass is 14.6. The molecule has 1 nitrogen and oxygen atoms in total. The minimum Gasteiger partial charge on any atom is -0.328 e. The molecule has 1 unspecified atom stereocenters. The molecule has 0 aliphatic carbocycles. The van der Waals surface area contributed by atoms with Gasteiger partial charge in [-0.1, -0.05) is 51.0 Å². The molecule has 0 aliphatic rings. The zero-order valence-electron chi connectivity index (χ0n) is 10.7. The molecule has 0 fully saturated rings. The van der Waals surface area contributed by atoms with E-state index in [2.05, 4.69) is 38.1 Å². The molecule has 0 saturated heterocycles. The molecule has 1 rings (SSSR count). The molecular weight excluding hydrogens is 194 g/mol. The summed E-state index contributed by atoms with van der Waals surface area (Å²) in [5, 5.41) is 0. The van der Waals surface area contributed by atoms with Crippen molar-refractivity contribution in [3.63, 3.8) is 0 Å². The van der Waals surface area contributed by atoms with Gasteiger partial charge in [0, 0.05) is 6.04 Å². The zero-order valence-corrected chi connectivity index (χ0v) is 10.7. The fraction of sp³-hybridized carbons (Fsp3) is 0.600. The molecule has 0 bridgehead atoms. The third-order valence-corrected chi connectivity index (χ3v) is 3.02. The molecule has 0 aliphatic heterocycles. The molecule has 0 saturated carbocycles. The first-order valence-corrected chi connectivity index (χ1v) is 6.59. The van der Waals surface area contributed by atoms with Crippen LogP contribution in [0, 0.1) is 0 Å². The van der Waals surface area contributed by atoms with Crippen LogP contribution in [-0.2, 0) is 12.8 Å². The Bertz CT molecular complexity index is 276. The van der Waals surface area contributed by atoms with E-state index in [1.807, 2.05) is 0 Å². The van der Waals surface area contributed by atoms with E-state index in [-0.39, 0.29) is 0 Å². The molecule has 0 aromatic heterocycles. The first kappa shape index (κ1) is 13.2. The molecule has 2 N–H and O–H groups in total. The van der Waals surface area contributed by atoms with E-state index in [9.17, 15) is 0 Å². The lowest BCUT2D eigenvalue weighted by molar-refractivity contribution is 0.561. The summed E-state index contributed by atoms with van der Waals surface area (Å²) in [4.78, 5) is 0. The van der Waals surface area contributed by atoms with Crippen LogP contribution in [0.3, 0.4) is 0 Å². The lowest BCUT2D eigenvalue weighted by atomic mass is 10.0. The summed E-state index contributed by atoms with van der Waals surface area (Å²) in [6, 6.07) is 9.39. The van der Waals surface area contributed by atoms with Crippen LogP contribution in [0.25, 0.3) is 0 Å². The van der Waals surface area contributed by atoms with E-state index in [1.165, 1.54) is 30.4 Å². The molecule has 1 heteroatoms. The largest absolute Gasteiger partial charge is 0.328 e. The van der Waals surface area contributed by atoms with Gasteiger partial charge in [0.05, 0.1) is 0 Å². The van der Waals surface area contributed by atoms with E-state index in [0.29, 0.717) is 6.04 Å². The summed E-state index contributed by atoms with van der Waals surface area (Å²) in [6.07, 6.45) is 6.98. The van der Waals surface area contributed by atoms with Crippen LogP contribution in [0.2, 0.25) is 0 Å². The standard InChI is InChI=1S/C15H25N/c1-3-5-13-7-9-14(10-8-13)11-12-15(16)6-4-2/h7-10,15H,3-6,11-12,16H2,1-2H3. The van der Waals surface area contributed by atoms with Gasteiger partial charge in [-0.15, -0.1) is 0 Å². The molecule has 0 spiro atoms. The van der Waals surface area contributed by atoms with E-state index < -0.39 is 0 Å². The topological polar surface area (TPSA) is 26.0 Å². The Labute approximate surface area is 100 Å². The zero-order chi connectivity index (χ0) is 11.8. The van der Waals surface area contributed by atoms with Crippen molar-refractivity contribution in [1.29, 1.82) is 0 Å². The minimum atomic E-state index is 0.375. The summed E-state index contributed by atoms with van der Waals surface area (Å²) < 4.78 is 0. The second kappa shape index (κ2) is 7.45. The Morgan fingerprint density at radius 1 is 0.875 bits per heavy atom. The van der Waals surface area contributed by atoms with Crippen LogP contribution in [0.15, 0.2) is 24.3 Å². The Morgan fingerprint density at radius 3 is 1.94 bits per heavy atom. The Balaban J connectivity index is 2.37. The number of rotatable bonds is 7. The summed E-state index contributed by atoms with van der Waals surface area (Å²) in [6.45, 7) is 4.41. The van der Waals surface area contributed by atoms with Crippen LogP contribution >= 0.6 is 0 Å². The van der Waals surface area contributed by atoms with Crippen LogP contribution in [0.4, 0.5) is 0 Å².